The molecule has 5 heteroatoms. The fourth-order valence-electron chi connectivity index (χ4n) is 2.06. The van der Waals surface area contributed by atoms with Crippen LogP contribution in [0, 0.1) is 17.1 Å². The lowest BCUT2D eigenvalue weighted by atomic mass is 10.1. The predicted molar refractivity (Wildman–Crippen MR) is 77.4 cm³/mol. The molecule has 0 saturated carbocycles. The fourth-order valence-corrected chi connectivity index (χ4v) is 2.06. The Kier molecular flexibility index (Phi) is 4.75. The third-order valence-electron chi connectivity index (χ3n) is 3.12. The van der Waals surface area contributed by atoms with Gasteiger partial charge in [0, 0.05) is 0 Å². The van der Waals surface area contributed by atoms with Gasteiger partial charge in [0.05, 0.1) is 18.3 Å². The molecule has 4 nitrogen and oxygen atoms in total. The van der Waals surface area contributed by atoms with Crippen LogP contribution in [0.1, 0.15) is 11.1 Å². The lowest BCUT2D eigenvalue weighted by Gasteiger charge is -2.18. The maximum atomic E-state index is 13.5. The van der Waals surface area contributed by atoms with Gasteiger partial charge in [0.15, 0.2) is 0 Å². The summed E-state index contributed by atoms with van der Waals surface area (Å²) in [5, 5.41) is 30.6. The summed E-state index contributed by atoms with van der Waals surface area (Å²) in [6.45, 7) is -0.164. The zero-order valence-corrected chi connectivity index (χ0v) is 11.3. The van der Waals surface area contributed by atoms with Crippen LogP contribution in [-0.4, -0.2) is 22.9 Å². The molecule has 0 radical (unpaired) electrons. The molecule has 108 valence electrons. The molecular weight excluding hydrogens is 271 g/mol. The van der Waals surface area contributed by atoms with Gasteiger partial charge in [-0.2, -0.15) is 5.26 Å². The number of aromatic hydroxyl groups is 1. The minimum atomic E-state index is -0.594. The Hall–Kier alpha value is -2.58. The number of hydrogen-bond donors (Lipinski definition) is 3. The second-order valence-corrected chi connectivity index (χ2v) is 4.67. The fraction of sp³-hybridized carbons (Fsp3) is 0.188. The average Bonchev–Trinajstić information content (AvgIpc) is 2.49. The van der Waals surface area contributed by atoms with Crippen LogP contribution in [-0.2, 0) is 6.42 Å². The number of hydrogen-bond acceptors (Lipinski definition) is 4. The number of anilines is 1. The van der Waals surface area contributed by atoms with E-state index in [-0.39, 0.29) is 24.0 Å². The Morgan fingerprint density at radius 1 is 1.19 bits per heavy atom. The van der Waals surface area contributed by atoms with Crippen molar-refractivity contribution in [3.8, 4) is 11.8 Å². The van der Waals surface area contributed by atoms with E-state index in [1.807, 2.05) is 6.07 Å². The number of rotatable bonds is 5. The van der Waals surface area contributed by atoms with Crippen LogP contribution >= 0.6 is 0 Å². The first-order valence-electron chi connectivity index (χ1n) is 6.48. The van der Waals surface area contributed by atoms with E-state index < -0.39 is 5.82 Å². The SMILES string of the molecule is N#Cc1c(F)cccc1N[C@H](CO)Cc1ccc(O)cc1. The number of aliphatic hydroxyl groups is 1. The van der Waals surface area contributed by atoms with Gasteiger partial charge in [-0.1, -0.05) is 18.2 Å². The zero-order valence-electron chi connectivity index (χ0n) is 11.3. The molecule has 0 amide bonds. The number of nitrogens with zero attached hydrogens (tertiary/aromatic N) is 1. The number of benzene rings is 2. The summed E-state index contributed by atoms with van der Waals surface area (Å²) in [4.78, 5) is 0. The third-order valence-corrected chi connectivity index (χ3v) is 3.12. The van der Waals surface area contributed by atoms with Gasteiger partial charge < -0.3 is 15.5 Å². The van der Waals surface area contributed by atoms with Crippen LogP contribution in [0.5, 0.6) is 5.75 Å². The predicted octanol–water partition coefficient (Wildman–Crippen LogP) is 2.42. The molecule has 2 aromatic rings. The van der Waals surface area contributed by atoms with Gasteiger partial charge in [-0.3, -0.25) is 0 Å². The van der Waals surface area contributed by atoms with E-state index in [0.717, 1.165) is 5.56 Å². The summed E-state index contributed by atoms with van der Waals surface area (Å²) in [7, 11) is 0. The molecule has 0 fully saturated rings. The molecule has 0 aliphatic carbocycles. The molecule has 0 aliphatic rings. The summed E-state index contributed by atoms with van der Waals surface area (Å²) in [6, 6.07) is 12.4. The van der Waals surface area contributed by atoms with E-state index in [9.17, 15) is 14.6 Å². The van der Waals surface area contributed by atoms with Crippen LogP contribution in [0.15, 0.2) is 42.5 Å². The summed E-state index contributed by atoms with van der Waals surface area (Å²) >= 11 is 0. The number of phenols is 1. The highest BCUT2D eigenvalue weighted by atomic mass is 19.1. The van der Waals surface area contributed by atoms with Crippen molar-refractivity contribution in [2.24, 2.45) is 0 Å². The first-order valence-corrected chi connectivity index (χ1v) is 6.48. The lowest BCUT2D eigenvalue weighted by Crippen LogP contribution is -2.26. The molecule has 1 atom stereocenters. The summed E-state index contributed by atoms with van der Waals surface area (Å²) in [6.07, 6.45) is 0.484. The number of aliphatic hydroxyl groups excluding tert-OH is 1. The minimum absolute atomic E-state index is 0.0679. The summed E-state index contributed by atoms with van der Waals surface area (Å²) in [5.41, 5.74) is 1.20. The molecule has 21 heavy (non-hydrogen) atoms. The normalized spacial score (nSPS) is 11.7. The lowest BCUT2D eigenvalue weighted by molar-refractivity contribution is 0.273. The van der Waals surface area contributed by atoms with Crippen molar-refractivity contribution in [3.05, 3.63) is 59.4 Å². The first-order chi connectivity index (χ1) is 10.1. The van der Waals surface area contributed by atoms with Crippen molar-refractivity contribution in [1.29, 1.82) is 5.26 Å². The highest BCUT2D eigenvalue weighted by Gasteiger charge is 2.13. The second-order valence-electron chi connectivity index (χ2n) is 4.67. The monoisotopic (exact) mass is 286 g/mol. The molecule has 0 heterocycles. The highest BCUT2D eigenvalue weighted by Crippen LogP contribution is 2.20. The topological polar surface area (TPSA) is 76.3 Å². The molecule has 2 rings (SSSR count). The van der Waals surface area contributed by atoms with E-state index in [1.165, 1.54) is 12.1 Å². The van der Waals surface area contributed by atoms with Crippen molar-refractivity contribution < 1.29 is 14.6 Å². The maximum Gasteiger partial charge on any atom is 0.143 e. The minimum Gasteiger partial charge on any atom is -0.508 e. The highest BCUT2D eigenvalue weighted by molar-refractivity contribution is 5.58. The molecule has 0 saturated heterocycles. The van der Waals surface area contributed by atoms with Crippen molar-refractivity contribution in [2.75, 3.05) is 11.9 Å². The molecule has 0 spiro atoms. The van der Waals surface area contributed by atoms with E-state index in [4.69, 9.17) is 5.26 Å². The Bertz CT molecular complexity index is 650. The van der Waals surface area contributed by atoms with Crippen molar-refractivity contribution in [1.82, 2.24) is 0 Å². The van der Waals surface area contributed by atoms with Gasteiger partial charge in [-0.05, 0) is 36.2 Å². The largest absolute Gasteiger partial charge is 0.508 e. The summed E-state index contributed by atoms with van der Waals surface area (Å²) in [5.74, 6) is -0.423. The van der Waals surface area contributed by atoms with Gasteiger partial charge >= 0.3 is 0 Å². The van der Waals surface area contributed by atoms with Crippen LogP contribution in [0.3, 0.4) is 0 Å². The summed E-state index contributed by atoms with van der Waals surface area (Å²) < 4.78 is 13.5. The van der Waals surface area contributed by atoms with E-state index in [2.05, 4.69) is 5.32 Å². The number of nitriles is 1. The van der Waals surface area contributed by atoms with E-state index in [0.29, 0.717) is 12.1 Å². The molecule has 0 aromatic heterocycles. The maximum absolute atomic E-state index is 13.5. The Balaban J connectivity index is 2.14. The van der Waals surface area contributed by atoms with Gasteiger partial charge in [-0.15, -0.1) is 0 Å². The molecule has 3 N–H and O–H groups in total. The van der Waals surface area contributed by atoms with Crippen LogP contribution in [0.25, 0.3) is 0 Å². The smallest absolute Gasteiger partial charge is 0.143 e. The van der Waals surface area contributed by atoms with Crippen LogP contribution in [0.2, 0.25) is 0 Å². The third kappa shape index (κ3) is 3.71. The quantitative estimate of drug-likeness (QED) is 0.789. The Labute approximate surface area is 122 Å². The number of halogens is 1. The van der Waals surface area contributed by atoms with Crippen molar-refractivity contribution in [2.45, 2.75) is 12.5 Å². The zero-order chi connectivity index (χ0) is 15.2. The molecule has 0 unspecified atom stereocenters. The Morgan fingerprint density at radius 3 is 2.52 bits per heavy atom. The average molecular weight is 286 g/mol. The van der Waals surface area contributed by atoms with Crippen molar-refractivity contribution >= 4 is 5.69 Å². The first kappa shape index (κ1) is 14.8. The van der Waals surface area contributed by atoms with Gasteiger partial charge in [-0.25, -0.2) is 4.39 Å². The molecular formula is C16H15FN2O2. The van der Waals surface area contributed by atoms with Crippen molar-refractivity contribution in [3.63, 3.8) is 0 Å². The molecule has 2 aromatic carbocycles. The van der Waals surface area contributed by atoms with Crippen LogP contribution in [0.4, 0.5) is 10.1 Å². The Morgan fingerprint density at radius 2 is 1.90 bits per heavy atom. The molecule has 0 aliphatic heterocycles. The second kappa shape index (κ2) is 6.73. The van der Waals surface area contributed by atoms with Gasteiger partial charge in [0.1, 0.15) is 23.2 Å². The van der Waals surface area contributed by atoms with Crippen LogP contribution < -0.4 is 5.32 Å². The van der Waals surface area contributed by atoms with Gasteiger partial charge in [0.2, 0.25) is 0 Å². The van der Waals surface area contributed by atoms with Gasteiger partial charge in [0.25, 0.3) is 0 Å². The van der Waals surface area contributed by atoms with E-state index in [1.54, 1.807) is 30.3 Å². The standard InChI is InChI=1S/C16H15FN2O2/c17-15-2-1-3-16(14(15)9-18)19-12(10-20)8-11-4-6-13(21)7-5-11/h1-7,12,19-21H,8,10H2/t12-/m0/s1. The molecule has 0 bridgehead atoms. The number of nitrogens with one attached hydrogen (secondary N) is 1. The van der Waals surface area contributed by atoms with E-state index >= 15 is 0 Å². The number of phenolic OH excluding ortho intramolecular Hbond substituents is 1.